The van der Waals surface area contributed by atoms with Gasteiger partial charge in [0.1, 0.15) is 28.7 Å². The quantitative estimate of drug-likeness (QED) is 0.209. The van der Waals surface area contributed by atoms with Gasteiger partial charge in [0.25, 0.3) is 0 Å². The van der Waals surface area contributed by atoms with Gasteiger partial charge < -0.3 is 14.1 Å². The summed E-state index contributed by atoms with van der Waals surface area (Å²) < 4.78 is 82.3. The molecule has 2 aromatic heterocycles. The minimum Gasteiger partial charge on any atom is -0.486 e. The number of hydrogen-bond donors (Lipinski definition) is 0. The highest BCUT2D eigenvalue weighted by Crippen LogP contribution is 2.45. The Kier molecular flexibility index (Phi) is 7.79. The Hall–Kier alpha value is -4.69. The second-order valence-electron chi connectivity index (χ2n) is 12.3. The van der Waals surface area contributed by atoms with E-state index >= 15 is 0 Å². The lowest BCUT2D eigenvalue weighted by Gasteiger charge is -2.35. The van der Waals surface area contributed by atoms with Gasteiger partial charge in [0.05, 0.1) is 24.2 Å². The molecule has 0 amide bonds. The molecule has 3 heterocycles. The zero-order valence-electron chi connectivity index (χ0n) is 25.3. The van der Waals surface area contributed by atoms with Crippen molar-refractivity contribution in [2.75, 3.05) is 37.7 Å². The summed E-state index contributed by atoms with van der Waals surface area (Å²) in [6.07, 6.45) is 3.31. The van der Waals surface area contributed by atoms with Crippen LogP contribution in [0, 0.1) is 22.9 Å². The largest absolute Gasteiger partial charge is 0.486 e. The molecule has 5 aromatic rings. The summed E-state index contributed by atoms with van der Waals surface area (Å²) in [5.41, 5.74) is 1.66. The molecule has 1 aliphatic heterocycles. The third-order valence-corrected chi connectivity index (χ3v) is 10.4. The molecule has 7 rings (SSSR count). The fourth-order valence-corrected chi connectivity index (χ4v) is 7.03. The lowest BCUT2D eigenvalue weighted by Crippen LogP contribution is -2.49. The third kappa shape index (κ3) is 6.47. The molecule has 47 heavy (non-hydrogen) atoms. The number of ether oxygens (including phenoxy) is 1. The topological polar surface area (TPSA) is 111 Å². The molecule has 3 aromatic carbocycles. The molecule has 1 aliphatic carbocycles. The van der Waals surface area contributed by atoms with Crippen LogP contribution in [-0.2, 0) is 15.8 Å². The number of halogens is 3. The summed E-state index contributed by atoms with van der Waals surface area (Å²) in [6.45, 7) is 3.14. The monoisotopic (exact) mass is 665 g/mol. The number of anilines is 1. The van der Waals surface area contributed by atoms with Gasteiger partial charge in [-0.3, -0.25) is 4.79 Å². The zero-order chi connectivity index (χ0) is 32.9. The van der Waals surface area contributed by atoms with Crippen molar-refractivity contribution in [2.45, 2.75) is 25.5 Å². The summed E-state index contributed by atoms with van der Waals surface area (Å²) in [6, 6.07) is 13.5. The van der Waals surface area contributed by atoms with Crippen molar-refractivity contribution in [3.8, 4) is 22.9 Å². The van der Waals surface area contributed by atoms with Crippen LogP contribution in [0.1, 0.15) is 25.3 Å². The van der Waals surface area contributed by atoms with Gasteiger partial charge in [-0.15, -0.1) is 0 Å². The summed E-state index contributed by atoms with van der Waals surface area (Å²) in [5.74, 6) is -2.04. The number of benzene rings is 3. The van der Waals surface area contributed by atoms with Gasteiger partial charge in [0.2, 0.25) is 21.7 Å². The molecule has 0 N–H and O–H groups in total. The second-order valence-corrected chi connectivity index (χ2v) is 14.2. The van der Waals surface area contributed by atoms with Gasteiger partial charge in [-0.2, -0.15) is 14.1 Å². The number of oxazole rings is 1. The van der Waals surface area contributed by atoms with E-state index in [1.807, 2.05) is 11.8 Å². The summed E-state index contributed by atoms with van der Waals surface area (Å²) in [5, 5.41) is 4.19. The molecule has 10 nitrogen and oxygen atoms in total. The van der Waals surface area contributed by atoms with Crippen LogP contribution in [-0.4, -0.2) is 60.3 Å². The number of sulfonamides is 1. The normalized spacial score (nSPS) is 16.5. The van der Waals surface area contributed by atoms with Crippen LogP contribution < -0.4 is 15.2 Å². The van der Waals surface area contributed by atoms with E-state index in [-0.39, 0.29) is 61.2 Å². The molecule has 1 saturated carbocycles. The summed E-state index contributed by atoms with van der Waals surface area (Å²) in [4.78, 5) is 19.8. The molecular formula is C33H30F3N5O5S. The number of aromatic nitrogens is 3. The van der Waals surface area contributed by atoms with E-state index in [1.54, 1.807) is 30.3 Å². The maximum atomic E-state index is 14.0. The maximum absolute atomic E-state index is 14.0. The van der Waals surface area contributed by atoms with Crippen LogP contribution in [0.3, 0.4) is 0 Å². The van der Waals surface area contributed by atoms with Crippen molar-refractivity contribution in [1.82, 2.24) is 19.1 Å². The van der Waals surface area contributed by atoms with Gasteiger partial charge in [-0.1, -0.05) is 13.0 Å². The van der Waals surface area contributed by atoms with Gasteiger partial charge in [0, 0.05) is 43.2 Å². The highest BCUT2D eigenvalue weighted by molar-refractivity contribution is 7.88. The summed E-state index contributed by atoms with van der Waals surface area (Å²) in [7, 11) is -3.73. The SMILES string of the molecule is CC1(COc2c(N3CCN(S(=O)(=O)Cc4ccc5nc(-c6ccc(F)cc6)oc5c4)CC3)cnn(-c3cc(F)cc(F)c3)c2=O)CC1. The minimum absolute atomic E-state index is 0.00512. The van der Waals surface area contributed by atoms with E-state index in [0.29, 0.717) is 39.9 Å². The average molecular weight is 666 g/mol. The number of nitrogens with zero attached hydrogens (tertiary/aromatic N) is 5. The molecule has 1 saturated heterocycles. The van der Waals surface area contributed by atoms with E-state index in [9.17, 15) is 26.4 Å². The summed E-state index contributed by atoms with van der Waals surface area (Å²) >= 11 is 0. The fourth-order valence-electron chi connectivity index (χ4n) is 5.52. The van der Waals surface area contributed by atoms with Crippen molar-refractivity contribution in [2.24, 2.45) is 5.41 Å². The van der Waals surface area contributed by atoms with Gasteiger partial charge in [0.15, 0.2) is 5.58 Å². The predicted octanol–water partition coefficient (Wildman–Crippen LogP) is 5.29. The Balaban J connectivity index is 1.08. The van der Waals surface area contributed by atoms with E-state index < -0.39 is 27.2 Å². The van der Waals surface area contributed by atoms with Crippen molar-refractivity contribution >= 4 is 26.8 Å². The van der Waals surface area contributed by atoms with Crippen molar-refractivity contribution in [3.05, 3.63) is 100 Å². The Labute approximate surface area is 268 Å². The first kappa shape index (κ1) is 30.9. The zero-order valence-corrected chi connectivity index (χ0v) is 26.1. The van der Waals surface area contributed by atoms with Crippen molar-refractivity contribution < 1.29 is 30.7 Å². The van der Waals surface area contributed by atoms with Crippen molar-refractivity contribution in [3.63, 3.8) is 0 Å². The molecule has 2 fully saturated rings. The smallest absolute Gasteiger partial charge is 0.316 e. The maximum Gasteiger partial charge on any atom is 0.316 e. The minimum atomic E-state index is -3.73. The predicted molar refractivity (Wildman–Crippen MR) is 168 cm³/mol. The Morgan fingerprint density at radius 2 is 1.62 bits per heavy atom. The van der Waals surface area contributed by atoms with E-state index in [2.05, 4.69) is 10.1 Å². The van der Waals surface area contributed by atoms with Gasteiger partial charge >= 0.3 is 5.56 Å². The van der Waals surface area contributed by atoms with Crippen molar-refractivity contribution in [1.29, 1.82) is 0 Å². The molecule has 0 bridgehead atoms. The first-order chi connectivity index (χ1) is 22.5. The number of piperazine rings is 1. The second kappa shape index (κ2) is 11.8. The van der Waals surface area contributed by atoms with Gasteiger partial charge in [-0.25, -0.2) is 26.6 Å². The Morgan fingerprint density at radius 1 is 0.915 bits per heavy atom. The lowest BCUT2D eigenvalue weighted by molar-refractivity contribution is 0.242. The van der Waals surface area contributed by atoms with Crippen LogP contribution in [0.25, 0.3) is 28.2 Å². The Bertz CT molecular complexity index is 2120. The average Bonchev–Trinajstić information content (AvgIpc) is 3.62. The van der Waals surface area contributed by atoms with Crippen LogP contribution in [0.5, 0.6) is 5.75 Å². The fraction of sp³-hybridized carbons (Fsp3) is 0.303. The van der Waals surface area contributed by atoms with Crippen LogP contribution in [0.2, 0.25) is 0 Å². The number of fused-ring (bicyclic) bond motifs is 1. The molecule has 244 valence electrons. The van der Waals surface area contributed by atoms with Crippen LogP contribution in [0.4, 0.5) is 18.9 Å². The lowest BCUT2D eigenvalue weighted by atomic mass is 10.2. The molecular weight excluding hydrogens is 635 g/mol. The Morgan fingerprint density at radius 3 is 2.30 bits per heavy atom. The molecule has 0 unspecified atom stereocenters. The van der Waals surface area contributed by atoms with E-state index in [1.165, 1.54) is 22.6 Å². The first-order valence-electron chi connectivity index (χ1n) is 15.1. The van der Waals surface area contributed by atoms with E-state index in [4.69, 9.17) is 9.15 Å². The molecule has 0 atom stereocenters. The molecule has 14 heteroatoms. The highest BCUT2D eigenvalue weighted by Gasteiger charge is 2.39. The molecule has 0 radical (unpaired) electrons. The first-order valence-corrected chi connectivity index (χ1v) is 16.7. The van der Waals surface area contributed by atoms with E-state index in [0.717, 1.165) is 29.7 Å². The number of rotatable bonds is 9. The highest BCUT2D eigenvalue weighted by atomic mass is 32.2. The van der Waals surface area contributed by atoms with Gasteiger partial charge in [-0.05, 0) is 66.9 Å². The van der Waals surface area contributed by atoms with Crippen LogP contribution in [0.15, 0.2) is 76.1 Å². The molecule has 0 spiro atoms. The standard InChI is InChI=1S/C33H30F3N5O5S/c1-33(8-9-33)20-45-30-28(18-37-41(32(30)42)26-16-24(35)15-25(36)17-26)39-10-12-40(13-11-39)47(43,44)19-21-2-7-27-29(14-21)46-31(38-27)22-3-5-23(34)6-4-22/h2-7,14-18H,8-13,19-20H2,1H3. The number of hydrogen-bond acceptors (Lipinski definition) is 8. The van der Waals surface area contributed by atoms with Crippen LogP contribution >= 0.6 is 0 Å². The molecule has 2 aliphatic rings. The third-order valence-electron chi connectivity index (χ3n) is 8.54.